The maximum atomic E-state index is 6.02. The Labute approximate surface area is 536 Å². The number of benzene rings is 9. The molecule has 93 heavy (non-hydrogen) atoms. The summed E-state index contributed by atoms with van der Waals surface area (Å²) in [6.07, 6.45) is 5.53. The summed E-state index contributed by atoms with van der Waals surface area (Å²) in [5.74, 6) is 4.39. The number of aromatic nitrogens is 15. The molecule has 15 rings (SSSR count). The molecule has 456 valence electrons. The van der Waals surface area contributed by atoms with Gasteiger partial charge in [0.05, 0.1) is 33.6 Å². The number of tetrazole rings is 3. The van der Waals surface area contributed by atoms with Crippen molar-refractivity contribution in [1.82, 2.24) is 76.8 Å². The lowest BCUT2D eigenvalue weighted by Gasteiger charge is -2.10. The van der Waals surface area contributed by atoms with Crippen LogP contribution >= 0.6 is 0 Å². The summed E-state index contributed by atoms with van der Waals surface area (Å²) in [7, 11) is 0. The van der Waals surface area contributed by atoms with E-state index < -0.39 is 0 Å². The van der Waals surface area contributed by atoms with Crippen LogP contribution in [0, 0.1) is 0 Å². The number of fused-ring (bicyclic) bond motifs is 3. The van der Waals surface area contributed by atoms with Crippen molar-refractivity contribution in [1.29, 1.82) is 0 Å². The molecule has 0 radical (unpaired) electrons. The number of aromatic amines is 3. The van der Waals surface area contributed by atoms with Crippen LogP contribution in [0.25, 0.3) is 66.9 Å². The van der Waals surface area contributed by atoms with Crippen molar-refractivity contribution in [2.45, 2.75) is 58.3 Å². The normalized spacial score (nSPS) is 11.0. The Morgan fingerprint density at radius 3 is 1.19 bits per heavy atom. The van der Waals surface area contributed by atoms with Gasteiger partial charge in [0.25, 0.3) is 0 Å². The van der Waals surface area contributed by atoms with Crippen molar-refractivity contribution < 1.29 is 14.2 Å². The molecule has 6 heterocycles. The highest BCUT2D eigenvalue weighted by Gasteiger charge is 2.12. The zero-order chi connectivity index (χ0) is 62.6. The molecule has 0 bridgehead atoms. The number of pyridine rings is 3. The Kier molecular flexibility index (Phi) is 19.2. The zero-order valence-corrected chi connectivity index (χ0v) is 50.7. The fourth-order valence-corrected chi connectivity index (χ4v) is 10.7. The van der Waals surface area contributed by atoms with Gasteiger partial charge in [-0.1, -0.05) is 176 Å². The van der Waals surface area contributed by atoms with Crippen molar-refractivity contribution in [3.8, 4) is 51.4 Å². The highest BCUT2D eigenvalue weighted by atomic mass is 16.5. The lowest BCUT2D eigenvalue weighted by molar-refractivity contribution is 0.301. The standard InChI is InChI=1S/3C25H21N5O/c1-3-10-23(25-27-29-30-28-25)19(7-1)13-12-18-6-5-9-22(16-18)31-17-21-15-14-20-8-2-4-11-24(20)26-21;1-2-10-24-20(7-1)13-14-22(26-24)17-31-23-9-4-6-19(16-23)12-11-18-5-3-8-21(15-18)25-27-29-30-28-25;1-2-4-24-20(3-1)13-14-22(26-24)17-31-23-15-9-19(10-16-23)6-5-18-7-11-21(12-8-18)25-27-29-30-28-25/h1-11,14-16H,12-13,17H2,(H,27,28,29,30);1-10,13-16H,11-12,17H2,(H,27,28,29,30);1-4,7-16H,5-6,17H2,(H,27,28,29,30). The summed E-state index contributed by atoms with van der Waals surface area (Å²) < 4.78 is 18.0. The molecule has 3 N–H and O–H groups in total. The number of hydrogen-bond acceptors (Lipinski definition) is 15. The first kappa shape index (κ1) is 59.8. The van der Waals surface area contributed by atoms with E-state index in [0.29, 0.717) is 37.3 Å². The average molecular weight is 1220 g/mol. The Balaban J connectivity index is 0.000000127. The molecule has 0 unspecified atom stereocenters. The number of nitrogens with zero attached hydrogens (tertiary/aromatic N) is 12. The van der Waals surface area contributed by atoms with Gasteiger partial charge in [-0.25, -0.2) is 15.0 Å². The predicted octanol–water partition coefficient (Wildman–Crippen LogP) is 14.3. The van der Waals surface area contributed by atoms with E-state index in [0.717, 1.165) is 122 Å². The number of aryl methyl sites for hydroxylation is 6. The number of rotatable bonds is 21. The number of hydrogen-bond donors (Lipinski definition) is 3. The molecule has 0 aliphatic rings. The number of para-hydroxylation sites is 3. The van der Waals surface area contributed by atoms with Crippen LogP contribution in [0.1, 0.15) is 50.5 Å². The second-order valence-electron chi connectivity index (χ2n) is 22.1. The van der Waals surface area contributed by atoms with E-state index in [-0.39, 0.29) is 0 Å². The van der Waals surface area contributed by atoms with Crippen LogP contribution < -0.4 is 14.2 Å². The fourth-order valence-electron chi connectivity index (χ4n) is 10.7. The first-order valence-corrected chi connectivity index (χ1v) is 30.7. The van der Waals surface area contributed by atoms with Crippen molar-refractivity contribution in [2.75, 3.05) is 0 Å². The topological polar surface area (TPSA) is 230 Å². The second-order valence-corrected chi connectivity index (χ2v) is 22.1. The van der Waals surface area contributed by atoms with Crippen LogP contribution in [0.4, 0.5) is 0 Å². The van der Waals surface area contributed by atoms with Gasteiger partial charge in [-0.3, -0.25) is 0 Å². The molecule has 0 aliphatic heterocycles. The molecule has 0 aliphatic carbocycles. The van der Waals surface area contributed by atoms with E-state index in [4.69, 9.17) is 14.2 Å². The third-order valence-electron chi connectivity index (χ3n) is 15.6. The molecule has 18 heteroatoms. The minimum atomic E-state index is 0.439. The van der Waals surface area contributed by atoms with Crippen LogP contribution in [0.3, 0.4) is 0 Å². The monoisotopic (exact) mass is 1220 g/mol. The first-order chi connectivity index (χ1) is 46.0. The van der Waals surface area contributed by atoms with Crippen LogP contribution in [-0.2, 0) is 58.3 Å². The fraction of sp³-hybridized carbons (Fsp3) is 0.120. The van der Waals surface area contributed by atoms with Gasteiger partial charge < -0.3 is 14.2 Å². The molecule has 9 aromatic carbocycles. The maximum absolute atomic E-state index is 6.02. The van der Waals surface area contributed by atoms with Crippen LogP contribution in [-0.4, -0.2) is 76.8 Å². The molecule has 0 saturated carbocycles. The molecular weight excluding hydrogens is 1160 g/mol. The third kappa shape index (κ3) is 16.4. The molecular formula is C75H63N15O3. The van der Waals surface area contributed by atoms with Gasteiger partial charge in [0.1, 0.15) is 37.1 Å². The van der Waals surface area contributed by atoms with E-state index >= 15 is 0 Å². The van der Waals surface area contributed by atoms with Crippen LogP contribution in [0.2, 0.25) is 0 Å². The van der Waals surface area contributed by atoms with Crippen molar-refractivity contribution >= 4 is 32.7 Å². The lowest BCUT2D eigenvalue weighted by atomic mass is 9.99. The number of H-pyrrole nitrogens is 3. The Bertz CT molecular complexity index is 4840. The summed E-state index contributed by atoms with van der Waals surface area (Å²) in [4.78, 5) is 14.0. The summed E-state index contributed by atoms with van der Waals surface area (Å²) in [5, 5.41) is 46.1. The van der Waals surface area contributed by atoms with Gasteiger partial charge in [0, 0.05) is 32.8 Å². The van der Waals surface area contributed by atoms with Gasteiger partial charge in [0.2, 0.25) is 17.5 Å². The Morgan fingerprint density at radius 1 is 0.280 bits per heavy atom. The molecule has 0 spiro atoms. The van der Waals surface area contributed by atoms with E-state index in [2.05, 4.69) is 180 Å². The molecule has 0 fully saturated rings. The minimum Gasteiger partial charge on any atom is -0.487 e. The number of nitrogens with one attached hydrogen (secondary N) is 3. The highest BCUT2D eigenvalue weighted by molar-refractivity contribution is 5.80. The minimum absolute atomic E-state index is 0.439. The average Bonchev–Trinajstić information content (AvgIpc) is 3.86. The maximum Gasteiger partial charge on any atom is 0.204 e. The van der Waals surface area contributed by atoms with Gasteiger partial charge in [-0.15, -0.1) is 30.6 Å². The summed E-state index contributed by atoms with van der Waals surface area (Å²) in [5.41, 5.74) is 16.1. The largest absolute Gasteiger partial charge is 0.487 e. The van der Waals surface area contributed by atoms with Gasteiger partial charge in [-0.2, -0.15) is 15.6 Å². The SMILES string of the molecule is c1cc(CCc2cccc(-c3nn[nH]n3)c2)cc(OCc2ccc3ccccc3n2)c1.c1cc(CCc2ccccc2-c2nn[nH]n2)cc(OCc2ccc3ccccc3n2)c1.c1ccc2nc(COc3ccc(CCc4ccc(-c5nn[nH]n5)cc4)cc3)ccc2c1. The predicted molar refractivity (Wildman–Crippen MR) is 359 cm³/mol. The summed E-state index contributed by atoms with van der Waals surface area (Å²) in [6, 6.07) is 86.1. The van der Waals surface area contributed by atoms with Crippen molar-refractivity contribution in [3.63, 3.8) is 0 Å². The van der Waals surface area contributed by atoms with Gasteiger partial charge in [-0.05, 0) is 166 Å². The zero-order valence-electron chi connectivity index (χ0n) is 50.7. The van der Waals surface area contributed by atoms with Crippen LogP contribution in [0.15, 0.2) is 255 Å². The molecule has 0 amide bonds. The third-order valence-corrected chi connectivity index (χ3v) is 15.6. The second kappa shape index (κ2) is 29.9. The first-order valence-electron chi connectivity index (χ1n) is 30.7. The van der Waals surface area contributed by atoms with E-state index in [1.54, 1.807) is 0 Å². The molecule has 0 saturated heterocycles. The van der Waals surface area contributed by atoms with Crippen molar-refractivity contribution in [3.05, 3.63) is 305 Å². The number of ether oxygens (including phenoxy) is 3. The van der Waals surface area contributed by atoms with E-state index in [1.807, 2.05) is 152 Å². The van der Waals surface area contributed by atoms with E-state index in [1.165, 1.54) is 33.4 Å². The molecule has 15 aromatic rings. The van der Waals surface area contributed by atoms with Crippen LogP contribution in [0.5, 0.6) is 17.2 Å². The summed E-state index contributed by atoms with van der Waals surface area (Å²) in [6.45, 7) is 1.34. The highest BCUT2D eigenvalue weighted by Crippen LogP contribution is 2.26. The quantitative estimate of drug-likeness (QED) is 0.0607. The van der Waals surface area contributed by atoms with Crippen molar-refractivity contribution in [2.24, 2.45) is 0 Å². The van der Waals surface area contributed by atoms with Gasteiger partial charge in [0.15, 0.2) is 0 Å². The lowest BCUT2D eigenvalue weighted by Crippen LogP contribution is -1.99. The molecule has 6 aromatic heterocycles. The van der Waals surface area contributed by atoms with E-state index in [9.17, 15) is 0 Å². The Hall–Kier alpha value is -12.2. The molecule has 18 nitrogen and oxygen atoms in total. The van der Waals surface area contributed by atoms with Gasteiger partial charge >= 0.3 is 0 Å². The molecule has 0 atom stereocenters. The Morgan fingerprint density at radius 2 is 0.688 bits per heavy atom. The summed E-state index contributed by atoms with van der Waals surface area (Å²) >= 11 is 0. The smallest absolute Gasteiger partial charge is 0.204 e.